The highest BCUT2D eigenvalue weighted by atomic mass is 32.2. The van der Waals surface area contributed by atoms with Gasteiger partial charge in [-0.2, -0.15) is 0 Å². The number of thioether (sulfide) groups is 1. The Hall–Kier alpha value is -1.65. The van der Waals surface area contributed by atoms with Gasteiger partial charge in [0.05, 0.1) is 25.4 Å². The Morgan fingerprint density at radius 3 is 2.45 bits per heavy atom. The van der Waals surface area contributed by atoms with Crippen LogP contribution in [0.5, 0.6) is 5.75 Å². The zero-order chi connectivity index (χ0) is 14.4. The van der Waals surface area contributed by atoms with Crippen LogP contribution in [0.1, 0.15) is 11.6 Å². The molecule has 0 saturated carbocycles. The van der Waals surface area contributed by atoms with E-state index in [-0.39, 0.29) is 12.6 Å². The van der Waals surface area contributed by atoms with Crippen molar-refractivity contribution in [3.63, 3.8) is 0 Å². The maximum absolute atomic E-state index is 9.62. The number of para-hydroxylation sites is 2. The van der Waals surface area contributed by atoms with Gasteiger partial charge in [0.15, 0.2) is 0 Å². The summed E-state index contributed by atoms with van der Waals surface area (Å²) < 4.78 is 5.32. The van der Waals surface area contributed by atoms with Crippen LogP contribution in [0.15, 0.2) is 53.4 Å². The van der Waals surface area contributed by atoms with Crippen molar-refractivity contribution in [2.75, 3.05) is 25.3 Å². The van der Waals surface area contributed by atoms with E-state index in [9.17, 15) is 5.11 Å². The van der Waals surface area contributed by atoms with Crippen LogP contribution >= 0.6 is 11.8 Å². The van der Waals surface area contributed by atoms with Gasteiger partial charge in [0.25, 0.3) is 0 Å². The van der Waals surface area contributed by atoms with Gasteiger partial charge in [-0.1, -0.05) is 24.3 Å². The molecule has 1 unspecified atom stereocenters. The molecule has 0 heterocycles. The second kappa shape index (κ2) is 7.22. The number of aliphatic hydroxyl groups is 1. The van der Waals surface area contributed by atoms with Gasteiger partial charge in [-0.3, -0.25) is 0 Å². The summed E-state index contributed by atoms with van der Waals surface area (Å²) in [5.41, 5.74) is 1.93. The number of ether oxygens (including phenoxy) is 1. The number of anilines is 1. The Kier molecular flexibility index (Phi) is 5.32. The van der Waals surface area contributed by atoms with Crippen LogP contribution in [0, 0.1) is 0 Å². The molecule has 0 saturated heterocycles. The molecule has 2 N–H and O–H groups in total. The topological polar surface area (TPSA) is 41.5 Å². The van der Waals surface area contributed by atoms with E-state index in [2.05, 4.69) is 17.4 Å². The third-order valence-electron chi connectivity index (χ3n) is 3.14. The third kappa shape index (κ3) is 3.46. The maximum atomic E-state index is 9.62. The Morgan fingerprint density at radius 1 is 1.15 bits per heavy atom. The normalized spacial score (nSPS) is 11.9. The molecule has 20 heavy (non-hydrogen) atoms. The highest BCUT2D eigenvalue weighted by Crippen LogP contribution is 2.28. The molecule has 1 atom stereocenters. The third-order valence-corrected chi connectivity index (χ3v) is 3.88. The summed E-state index contributed by atoms with van der Waals surface area (Å²) in [7, 11) is 1.64. The molecule has 2 aromatic rings. The summed E-state index contributed by atoms with van der Waals surface area (Å²) >= 11 is 1.70. The molecule has 0 amide bonds. The molecule has 106 valence electrons. The van der Waals surface area contributed by atoms with Crippen molar-refractivity contribution >= 4 is 17.4 Å². The van der Waals surface area contributed by atoms with Crippen molar-refractivity contribution in [3.8, 4) is 5.75 Å². The van der Waals surface area contributed by atoms with Crippen molar-refractivity contribution < 1.29 is 9.84 Å². The van der Waals surface area contributed by atoms with Crippen LogP contribution in [-0.4, -0.2) is 25.1 Å². The second-order valence-corrected chi connectivity index (χ2v) is 5.23. The van der Waals surface area contributed by atoms with Gasteiger partial charge in [-0.25, -0.2) is 0 Å². The Bertz CT molecular complexity index is 542. The van der Waals surface area contributed by atoms with Gasteiger partial charge in [0.1, 0.15) is 5.75 Å². The van der Waals surface area contributed by atoms with E-state index in [1.54, 1.807) is 18.9 Å². The SMILES string of the molecule is COc1ccccc1NC(CO)c1ccc(SC)cc1. The quantitative estimate of drug-likeness (QED) is 0.798. The average molecular weight is 289 g/mol. The minimum Gasteiger partial charge on any atom is -0.495 e. The van der Waals surface area contributed by atoms with Crippen LogP contribution < -0.4 is 10.1 Å². The van der Waals surface area contributed by atoms with Gasteiger partial charge < -0.3 is 15.2 Å². The number of hydrogen-bond donors (Lipinski definition) is 2. The fourth-order valence-corrected chi connectivity index (χ4v) is 2.43. The van der Waals surface area contributed by atoms with Gasteiger partial charge in [0, 0.05) is 4.90 Å². The van der Waals surface area contributed by atoms with Crippen LogP contribution in [0.4, 0.5) is 5.69 Å². The lowest BCUT2D eigenvalue weighted by atomic mass is 10.1. The minimum absolute atomic E-state index is 0.0245. The summed E-state index contributed by atoms with van der Waals surface area (Å²) in [4.78, 5) is 1.21. The molecule has 0 bridgehead atoms. The summed E-state index contributed by atoms with van der Waals surface area (Å²) in [6, 6.07) is 15.7. The van der Waals surface area contributed by atoms with Crippen molar-refractivity contribution in [2.45, 2.75) is 10.9 Å². The number of aliphatic hydroxyl groups excluding tert-OH is 1. The molecule has 0 spiro atoms. The molecule has 4 heteroatoms. The largest absolute Gasteiger partial charge is 0.495 e. The molecule has 0 fully saturated rings. The first kappa shape index (κ1) is 14.8. The molecule has 0 aromatic heterocycles. The zero-order valence-electron chi connectivity index (χ0n) is 11.7. The summed E-state index contributed by atoms with van der Waals surface area (Å²) in [5.74, 6) is 0.770. The minimum atomic E-state index is -0.151. The number of methoxy groups -OCH3 is 1. The van der Waals surface area contributed by atoms with E-state index in [0.717, 1.165) is 17.0 Å². The van der Waals surface area contributed by atoms with E-state index in [0.29, 0.717) is 0 Å². The maximum Gasteiger partial charge on any atom is 0.141 e. The first-order valence-electron chi connectivity index (χ1n) is 6.43. The molecule has 2 aromatic carbocycles. The number of benzene rings is 2. The molecule has 0 radical (unpaired) electrons. The predicted octanol–water partition coefficient (Wildman–Crippen LogP) is 3.56. The lowest BCUT2D eigenvalue weighted by Crippen LogP contribution is -2.15. The molecule has 0 aliphatic heterocycles. The van der Waals surface area contributed by atoms with Crippen molar-refractivity contribution in [3.05, 3.63) is 54.1 Å². The van der Waals surface area contributed by atoms with Crippen molar-refractivity contribution in [2.24, 2.45) is 0 Å². The van der Waals surface area contributed by atoms with Gasteiger partial charge in [-0.05, 0) is 36.1 Å². The van der Waals surface area contributed by atoms with Crippen molar-refractivity contribution in [1.82, 2.24) is 0 Å². The molecular formula is C16H19NO2S. The Morgan fingerprint density at radius 2 is 1.85 bits per heavy atom. The van der Waals surface area contributed by atoms with Crippen LogP contribution in [0.2, 0.25) is 0 Å². The van der Waals surface area contributed by atoms with E-state index in [1.165, 1.54) is 4.90 Å². The number of hydrogen-bond acceptors (Lipinski definition) is 4. The lowest BCUT2D eigenvalue weighted by molar-refractivity contribution is 0.276. The smallest absolute Gasteiger partial charge is 0.141 e. The Labute approximate surface area is 124 Å². The first-order valence-corrected chi connectivity index (χ1v) is 7.65. The second-order valence-electron chi connectivity index (χ2n) is 4.35. The molecule has 3 nitrogen and oxygen atoms in total. The predicted molar refractivity (Wildman–Crippen MR) is 84.7 cm³/mol. The Balaban J connectivity index is 2.19. The fraction of sp³-hybridized carbons (Fsp3) is 0.250. The summed E-state index contributed by atoms with van der Waals surface area (Å²) in [6.07, 6.45) is 2.05. The summed E-state index contributed by atoms with van der Waals surface area (Å²) in [6.45, 7) is 0.0245. The zero-order valence-corrected chi connectivity index (χ0v) is 12.5. The standard InChI is InChI=1S/C16H19NO2S/c1-19-16-6-4-3-5-14(16)17-15(11-18)12-7-9-13(20-2)10-8-12/h3-10,15,17-18H,11H2,1-2H3. The highest BCUT2D eigenvalue weighted by molar-refractivity contribution is 7.98. The van der Waals surface area contributed by atoms with Crippen LogP contribution in [-0.2, 0) is 0 Å². The molecule has 0 aliphatic carbocycles. The van der Waals surface area contributed by atoms with E-state index < -0.39 is 0 Å². The van der Waals surface area contributed by atoms with E-state index in [4.69, 9.17) is 4.74 Å². The monoisotopic (exact) mass is 289 g/mol. The first-order chi connectivity index (χ1) is 9.78. The van der Waals surface area contributed by atoms with Gasteiger partial charge in [-0.15, -0.1) is 11.8 Å². The molecule has 2 rings (SSSR count). The molecular weight excluding hydrogens is 270 g/mol. The van der Waals surface area contributed by atoms with Crippen LogP contribution in [0.25, 0.3) is 0 Å². The van der Waals surface area contributed by atoms with E-state index >= 15 is 0 Å². The lowest BCUT2D eigenvalue weighted by Gasteiger charge is -2.20. The molecule has 0 aliphatic rings. The summed E-state index contributed by atoms with van der Waals surface area (Å²) in [5, 5.41) is 12.9. The number of nitrogens with one attached hydrogen (secondary N) is 1. The van der Waals surface area contributed by atoms with Crippen LogP contribution in [0.3, 0.4) is 0 Å². The van der Waals surface area contributed by atoms with E-state index in [1.807, 2.05) is 42.7 Å². The van der Waals surface area contributed by atoms with Crippen molar-refractivity contribution in [1.29, 1.82) is 0 Å². The fourth-order valence-electron chi connectivity index (χ4n) is 2.02. The highest BCUT2D eigenvalue weighted by Gasteiger charge is 2.12. The van der Waals surface area contributed by atoms with Gasteiger partial charge >= 0.3 is 0 Å². The average Bonchev–Trinajstić information content (AvgIpc) is 2.53. The van der Waals surface area contributed by atoms with Gasteiger partial charge in [0.2, 0.25) is 0 Å². The number of rotatable bonds is 6.